The van der Waals surface area contributed by atoms with Gasteiger partial charge in [-0.3, -0.25) is 19.7 Å². The number of nitrogens with zero attached hydrogens (tertiary/aromatic N) is 2. The number of aryl methyl sites for hydroxylation is 1. The fourth-order valence-electron chi connectivity index (χ4n) is 3.14. The molecule has 0 bridgehead atoms. The SMILES string of the molecule is CC(=O)N1C=Cc2ccccc2C1CC(=O)Oc1ccc([N+](=O)[O-])c(C)c1. The minimum absolute atomic E-state index is 0.0308. The number of hydrogen-bond donors (Lipinski definition) is 0. The maximum absolute atomic E-state index is 12.5. The summed E-state index contributed by atoms with van der Waals surface area (Å²) in [5.41, 5.74) is 2.18. The van der Waals surface area contributed by atoms with Crippen molar-refractivity contribution in [2.75, 3.05) is 0 Å². The summed E-state index contributed by atoms with van der Waals surface area (Å²) in [5.74, 6) is -0.466. The topological polar surface area (TPSA) is 89.8 Å². The molecule has 7 heteroatoms. The Morgan fingerprint density at radius 1 is 1.22 bits per heavy atom. The predicted octanol–water partition coefficient (Wildman–Crippen LogP) is 3.77. The van der Waals surface area contributed by atoms with Gasteiger partial charge in [0.1, 0.15) is 5.75 Å². The molecular formula is C20H18N2O5. The second kappa shape index (κ2) is 7.41. The van der Waals surface area contributed by atoms with E-state index in [4.69, 9.17) is 4.74 Å². The Morgan fingerprint density at radius 2 is 1.96 bits per heavy atom. The lowest BCUT2D eigenvalue weighted by molar-refractivity contribution is -0.385. The quantitative estimate of drug-likeness (QED) is 0.356. The maximum Gasteiger partial charge on any atom is 0.313 e. The molecule has 1 aliphatic rings. The van der Waals surface area contributed by atoms with Crippen molar-refractivity contribution in [2.24, 2.45) is 0 Å². The van der Waals surface area contributed by atoms with E-state index in [2.05, 4.69) is 0 Å². The molecule has 0 saturated heterocycles. The first kappa shape index (κ1) is 18.3. The van der Waals surface area contributed by atoms with Crippen LogP contribution in [0.3, 0.4) is 0 Å². The summed E-state index contributed by atoms with van der Waals surface area (Å²) >= 11 is 0. The number of hydrogen-bond acceptors (Lipinski definition) is 5. The molecule has 7 nitrogen and oxygen atoms in total. The summed E-state index contributed by atoms with van der Waals surface area (Å²) in [6.45, 7) is 3.02. The van der Waals surface area contributed by atoms with Crippen LogP contribution >= 0.6 is 0 Å². The standard InChI is InChI=1S/C20H18N2O5/c1-13-11-16(7-8-18(13)22(25)26)27-20(24)12-19-17-6-4-3-5-15(17)9-10-21(19)14(2)23/h3-11,19H,12H2,1-2H3. The molecule has 0 saturated carbocycles. The highest BCUT2D eigenvalue weighted by atomic mass is 16.6. The van der Waals surface area contributed by atoms with Crippen molar-refractivity contribution in [3.63, 3.8) is 0 Å². The van der Waals surface area contributed by atoms with E-state index in [0.717, 1.165) is 11.1 Å². The highest BCUT2D eigenvalue weighted by Gasteiger charge is 2.29. The van der Waals surface area contributed by atoms with Crippen LogP contribution in [0.2, 0.25) is 0 Å². The Bertz CT molecular complexity index is 951. The van der Waals surface area contributed by atoms with Crippen LogP contribution in [0.4, 0.5) is 5.69 Å². The maximum atomic E-state index is 12.5. The third kappa shape index (κ3) is 3.87. The van der Waals surface area contributed by atoms with Gasteiger partial charge in [-0.15, -0.1) is 0 Å². The van der Waals surface area contributed by atoms with Gasteiger partial charge < -0.3 is 9.64 Å². The monoisotopic (exact) mass is 366 g/mol. The van der Waals surface area contributed by atoms with Crippen molar-refractivity contribution in [3.8, 4) is 5.75 Å². The molecule has 0 aromatic heterocycles. The highest BCUT2D eigenvalue weighted by Crippen LogP contribution is 2.33. The number of benzene rings is 2. The summed E-state index contributed by atoms with van der Waals surface area (Å²) in [4.78, 5) is 36.3. The summed E-state index contributed by atoms with van der Waals surface area (Å²) in [6.07, 6.45) is 3.47. The van der Waals surface area contributed by atoms with E-state index in [1.54, 1.807) is 13.1 Å². The zero-order chi connectivity index (χ0) is 19.6. The van der Waals surface area contributed by atoms with Crippen LogP contribution in [-0.4, -0.2) is 21.7 Å². The Balaban J connectivity index is 1.80. The molecule has 0 spiro atoms. The van der Waals surface area contributed by atoms with Crippen molar-refractivity contribution in [3.05, 3.63) is 75.5 Å². The summed E-state index contributed by atoms with van der Waals surface area (Å²) < 4.78 is 5.35. The molecule has 2 aromatic rings. The number of carbonyl (C=O) groups excluding carboxylic acids is 2. The molecule has 0 fully saturated rings. The fourth-order valence-corrected chi connectivity index (χ4v) is 3.14. The van der Waals surface area contributed by atoms with Crippen molar-refractivity contribution in [2.45, 2.75) is 26.3 Å². The van der Waals surface area contributed by atoms with Gasteiger partial charge in [0.2, 0.25) is 5.91 Å². The first-order valence-electron chi connectivity index (χ1n) is 8.38. The molecule has 0 N–H and O–H groups in total. The lowest BCUT2D eigenvalue weighted by atomic mass is 9.94. The van der Waals surface area contributed by atoms with E-state index >= 15 is 0 Å². The Labute approximate surface area is 156 Å². The molecule has 27 heavy (non-hydrogen) atoms. The first-order chi connectivity index (χ1) is 12.9. The summed E-state index contributed by atoms with van der Waals surface area (Å²) in [7, 11) is 0. The lowest BCUT2D eigenvalue weighted by Gasteiger charge is -2.32. The van der Waals surface area contributed by atoms with E-state index in [0.29, 0.717) is 5.56 Å². The van der Waals surface area contributed by atoms with E-state index in [1.807, 2.05) is 30.3 Å². The molecule has 3 rings (SSSR count). The Morgan fingerprint density at radius 3 is 2.63 bits per heavy atom. The molecule has 1 atom stereocenters. The summed E-state index contributed by atoms with van der Waals surface area (Å²) in [5, 5.41) is 10.9. The minimum atomic E-state index is -0.524. The van der Waals surface area contributed by atoms with Gasteiger partial charge in [0.15, 0.2) is 0 Å². The second-order valence-corrected chi connectivity index (χ2v) is 6.27. The number of amides is 1. The minimum Gasteiger partial charge on any atom is -0.426 e. The second-order valence-electron chi connectivity index (χ2n) is 6.27. The largest absolute Gasteiger partial charge is 0.426 e. The molecular weight excluding hydrogens is 348 g/mol. The molecule has 1 unspecified atom stereocenters. The van der Waals surface area contributed by atoms with Gasteiger partial charge in [-0.2, -0.15) is 0 Å². The average molecular weight is 366 g/mol. The smallest absolute Gasteiger partial charge is 0.313 e. The van der Waals surface area contributed by atoms with Crippen LogP contribution in [0.15, 0.2) is 48.7 Å². The predicted molar refractivity (Wildman–Crippen MR) is 98.8 cm³/mol. The third-order valence-electron chi connectivity index (χ3n) is 4.43. The van der Waals surface area contributed by atoms with Gasteiger partial charge in [0, 0.05) is 24.8 Å². The van der Waals surface area contributed by atoms with E-state index in [1.165, 1.54) is 30.0 Å². The van der Waals surface area contributed by atoms with Crippen molar-refractivity contribution in [1.29, 1.82) is 0 Å². The normalized spacial score (nSPS) is 15.2. The van der Waals surface area contributed by atoms with Gasteiger partial charge in [0.25, 0.3) is 5.69 Å². The number of carbonyl (C=O) groups is 2. The number of rotatable bonds is 4. The molecule has 0 radical (unpaired) electrons. The van der Waals surface area contributed by atoms with Crippen LogP contribution in [0.5, 0.6) is 5.75 Å². The van der Waals surface area contributed by atoms with E-state index in [9.17, 15) is 19.7 Å². The number of esters is 1. The Kier molecular flexibility index (Phi) is 5.03. The van der Waals surface area contributed by atoms with Gasteiger partial charge in [-0.05, 0) is 36.3 Å². The van der Waals surface area contributed by atoms with Crippen LogP contribution in [-0.2, 0) is 9.59 Å². The van der Waals surface area contributed by atoms with Gasteiger partial charge in [0.05, 0.1) is 17.4 Å². The van der Waals surface area contributed by atoms with Gasteiger partial charge in [-0.25, -0.2) is 0 Å². The third-order valence-corrected chi connectivity index (χ3v) is 4.43. The first-order valence-corrected chi connectivity index (χ1v) is 8.38. The Hall–Kier alpha value is -3.48. The zero-order valence-corrected chi connectivity index (χ0v) is 14.9. The molecule has 138 valence electrons. The van der Waals surface area contributed by atoms with Crippen LogP contribution in [0.25, 0.3) is 6.08 Å². The summed E-state index contributed by atoms with van der Waals surface area (Å²) in [6, 6.07) is 11.2. The van der Waals surface area contributed by atoms with Gasteiger partial charge >= 0.3 is 5.97 Å². The molecule has 2 aromatic carbocycles. The van der Waals surface area contributed by atoms with Crippen LogP contribution < -0.4 is 4.74 Å². The number of fused-ring (bicyclic) bond motifs is 1. The molecule has 0 aliphatic carbocycles. The van der Waals surface area contributed by atoms with E-state index in [-0.39, 0.29) is 23.8 Å². The lowest BCUT2D eigenvalue weighted by Crippen LogP contribution is -2.33. The van der Waals surface area contributed by atoms with Crippen LogP contribution in [0, 0.1) is 17.0 Å². The zero-order valence-electron chi connectivity index (χ0n) is 14.9. The van der Waals surface area contributed by atoms with Crippen LogP contribution in [0.1, 0.15) is 36.1 Å². The molecule has 1 aliphatic heterocycles. The highest BCUT2D eigenvalue weighted by molar-refractivity contribution is 5.80. The van der Waals surface area contributed by atoms with Crippen molar-refractivity contribution >= 4 is 23.6 Å². The number of ether oxygens (including phenoxy) is 1. The molecule has 1 heterocycles. The molecule has 1 amide bonds. The van der Waals surface area contributed by atoms with Crippen molar-refractivity contribution < 1.29 is 19.2 Å². The average Bonchev–Trinajstić information content (AvgIpc) is 2.61. The fraction of sp³-hybridized carbons (Fsp3) is 0.200. The van der Waals surface area contributed by atoms with Gasteiger partial charge in [-0.1, -0.05) is 24.3 Å². The van der Waals surface area contributed by atoms with Crippen molar-refractivity contribution in [1.82, 2.24) is 4.90 Å². The number of nitro groups is 1. The van der Waals surface area contributed by atoms with E-state index < -0.39 is 16.9 Å². The number of nitro benzene ring substituents is 1.